The molecule has 30 heavy (non-hydrogen) atoms. The minimum absolute atomic E-state index is 0.0316. The Morgan fingerprint density at radius 3 is 2.60 bits per heavy atom. The van der Waals surface area contributed by atoms with E-state index in [2.05, 4.69) is 10.3 Å². The number of halogens is 1. The first-order valence-corrected chi connectivity index (χ1v) is 11.1. The highest BCUT2D eigenvalue weighted by Gasteiger charge is 2.60. The summed E-state index contributed by atoms with van der Waals surface area (Å²) < 4.78 is 10.6. The average molecular weight is 431 g/mol. The van der Waals surface area contributed by atoms with Gasteiger partial charge < -0.3 is 19.8 Å². The third kappa shape index (κ3) is 3.08. The number of amides is 1. The number of hydrogen-bond donors (Lipinski definition) is 2. The lowest BCUT2D eigenvalue weighted by Gasteiger charge is -2.59. The van der Waals surface area contributed by atoms with Crippen LogP contribution >= 0.6 is 11.6 Å². The number of anilines is 1. The zero-order valence-electron chi connectivity index (χ0n) is 17.3. The summed E-state index contributed by atoms with van der Waals surface area (Å²) in [7, 11) is 1.59. The van der Waals surface area contributed by atoms with Crippen molar-refractivity contribution < 1.29 is 19.1 Å². The molecule has 4 fully saturated rings. The molecule has 2 aromatic rings. The molecule has 4 saturated carbocycles. The maximum atomic E-state index is 13.7. The Morgan fingerprint density at radius 1 is 1.23 bits per heavy atom. The van der Waals surface area contributed by atoms with Gasteiger partial charge in [-0.25, -0.2) is 4.79 Å². The van der Waals surface area contributed by atoms with E-state index in [1.807, 2.05) is 18.2 Å². The van der Waals surface area contributed by atoms with Gasteiger partial charge in [0.25, 0.3) is 0 Å². The fourth-order valence-electron chi connectivity index (χ4n) is 6.45. The van der Waals surface area contributed by atoms with Crippen LogP contribution in [-0.2, 0) is 9.53 Å². The van der Waals surface area contributed by atoms with Gasteiger partial charge in [-0.1, -0.05) is 0 Å². The van der Waals surface area contributed by atoms with Gasteiger partial charge >= 0.3 is 5.97 Å². The molecule has 1 aromatic carbocycles. The number of hydrogen-bond acceptors (Lipinski definition) is 4. The van der Waals surface area contributed by atoms with Gasteiger partial charge in [0.1, 0.15) is 11.4 Å². The van der Waals surface area contributed by atoms with E-state index in [-0.39, 0.29) is 23.1 Å². The number of H-pyrrole nitrogens is 1. The van der Waals surface area contributed by atoms with Crippen molar-refractivity contribution in [2.75, 3.05) is 19.0 Å². The van der Waals surface area contributed by atoms with Crippen LogP contribution < -0.4 is 10.1 Å². The fourth-order valence-corrected chi connectivity index (χ4v) is 7.14. The van der Waals surface area contributed by atoms with Crippen molar-refractivity contribution in [1.82, 2.24) is 4.98 Å². The van der Waals surface area contributed by atoms with E-state index in [0.29, 0.717) is 29.7 Å². The van der Waals surface area contributed by atoms with Gasteiger partial charge in [-0.15, -0.1) is 11.6 Å². The van der Waals surface area contributed by atoms with Crippen LogP contribution in [0.15, 0.2) is 18.2 Å². The minimum atomic E-state index is -0.484. The molecule has 2 N–H and O–H groups in total. The third-order valence-corrected chi connectivity index (χ3v) is 7.64. The number of ether oxygens (including phenoxy) is 2. The monoisotopic (exact) mass is 430 g/mol. The molecule has 4 aliphatic rings. The van der Waals surface area contributed by atoms with Crippen LogP contribution in [-0.4, -0.2) is 35.5 Å². The summed E-state index contributed by atoms with van der Waals surface area (Å²) in [5.41, 5.74) is 1.01. The smallest absolute Gasteiger partial charge is 0.356 e. The van der Waals surface area contributed by atoms with Crippen molar-refractivity contribution in [1.29, 1.82) is 0 Å². The van der Waals surface area contributed by atoms with Gasteiger partial charge in [-0.05, 0) is 75.5 Å². The summed E-state index contributed by atoms with van der Waals surface area (Å²) in [5.74, 6) is 1.17. The molecular weight excluding hydrogens is 404 g/mol. The topological polar surface area (TPSA) is 80.4 Å². The highest BCUT2D eigenvalue weighted by molar-refractivity contribution is 6.24. The predicted octanol–water partition coefficient (Wildman–Crippen LogP) is 4.87. The number of aromatic nitrogens is 1. The first kappa shape index (κ1) is 19.7. The molecular formula is C23H27ClN2O4. The van der Waals surface area contributed by atoms with E-state index >= 15 is 0 Å². The van der Waals surface area contributed by atoms with Crippen molar-refractivity contribution in [3.63, 3.8) is 0 Å². The van der Waals surface area contributed by atoms with E-state index in [9.17, 15) is 9.59 Å². The quantitative estimate of drug-likeness (QED) is 0.523. The van der Waals surface area contributed by atoms with Gasteiger partial charge in [0.2, 0.25) is 5.91 Å². The van der Waals surface area contributed by atoms with Crippen LogP contribution in [0.4, 0.5) is 5.69 Å². The first-order valence-electron chi connectivity index (χ1n) is 10.7. The van der Waals surface area contributed by atoms with Crippen LogP contribution in [0.1, 0.15) is 55.9 Å². The number of carbonyl (C=O) groups excluding carboxylic acids is 2. The number of aromatic amines is 1. The number of benzene rings is 1. The lowest BCUT2D eigenvalue weighted by Crippen LogP contribution is -2.57. The maximum absolute atomic E-state index is 13.7. The zero-order valence-corrected chi connectivity index (χ0v) is 18.1. The molecule has 0 aliphatic heterocycles. The molecule has 2 atom stereocenters. The number of fused-ring (bicyclic) bond motifs is 1. The van der Waals surface area contributed by atoms with Gasteiger partial charge in [0.05, 0.1) is 24.8 Å². The van der Waals surface area contributed by atoms with Crippen LogP contribution in [0.3, 0.4) is 0 Å². The summed E-state index contributed by atoms with van der Waals surface area (Å²) in [6, 6.07) is 5.48. The van der Waals surface area contributed by atoms with E-state index in [0.717, 1.165) is 36.6 Å². The number of nitrogens with one attached hydrogen (secondary N) is 2. The molecule has 1 heterocycles. The van der Waals surface area contributed by atoms with Gasteiger partial charge in [0, 0.05) is 15.8 Å². The van der Waals surface area contributed by atoms with Crippen LogP contribution in [0.2, 0.25) is 0 Å². The number of rotatable bonds is 5. The van der Waals surface area contributed by atoms with E-state index in [1.54, 1.807) is 14.0 Å². The first-order chi connectivity index (χ1) is 14.3. The average Bonchev–Trinajstić information content (AvgIpc) is 3.04. The molecule has 0 radical (unpaired) electrons. The number of esters is 1. The van der Waals surface area contributed by atoms with Crippen molar-refractivity contribution in [2.45, 2.75) is 50.3 Å². The lowest BCUT2D eigenvalue weighted by atomic mass is 9.49. The standard InChI is InChI=1S/C23H27ClN2O4/c1-3-30-20(27)19-18(16-7-15(29-2)4-5-17(16)25-19)26-21(28)22-8-13-6-14(9-22)11-23(24,10-13)12-22/h4-5,7,13-14,25H,3,6,8-12H2,1-2H3,(H,26,28)/t13-,14-,22?,23?/m1/s1. The van der Waals surface area contributed by atoms with Crippen molar-refractivity contribution in [3.05, 3.63) is 23.9 Å². The van der Waals surface area contributed by atoms with E-state index < -0.39 is 11.4 Å². The Bertz CT molecular complexity index is 1020. The second kappa shape index (κ2) is 6.91. The highest BCUT2D eigenvalue weighted by atomic mass is 35.5. The summed E-state index contributed by atoms with van der Waals surface area (Å²) in [6.45, 7) is 2.02. The largest absolute Gasteiger partial charge is 0.497 e. The van der Waals surface area contributed by atoms with E-state index in [1.165, 1.54) is 6.42 Å². The molecule has 4 aliphatic carbocycles. The minimum Gasteiger partial charge on any atom is -0.497 e. The molecule has 0 spiro atoms. The Labute approximate surface area is 180 Å². The highest BCUT2D eigenvalue weighted by Crippen LogP contribution is 2.64. The molecule has 6 rings (SSSR count). The molecule has 160 valence electrons. The van der Waals surface area contributed by atoms with Crippen molar-refractivity contribution >= 4 is 40.1 Å². The molecule has 0 unspecified atom stereocenters. The second-order valence-electron chi connectivity index (χ2n) is 9.35. The SMILES string of the molecule is CCOC(=O)c1[nH]c2ccc(OC)cc2c1NC(=O)C12C[C@H]3C[C@@H](CC(Cl)(C3)C1)C2. The summed E-state index contributed by atoms with van der Waals surface area (Å²) >= 11 is 6.93. The van der Waals surface area contributed by atoms with Crippen molar-refractivity contribution in [2.24, 2.45) is 17.3 Å². The summed E-state index contributed by atoms with van der Waals surface area (Å²) in [4.78, 5) is 29.1. The molecule has 1 aromatic heterocycles. The predicted molar refractivity (Wildman–Crippen MR) is 115 cm³/mol. The van der Waals surface area contributed by atoms with Crippen molar-refractivity contribution in [3.8, 4) is 5.75 Å². The van der Waals surface area contributed by atoms with E-state index in [4.69, 9.17) is 21.1 Å². The fraction of sp³-hybridized carbons (Fsp3) is 0.565. The van der Waals surface area contributed by atoms with Crippen LogP contribution in [0.25, 0.3) is 10.9 Å². The Kier molecular flexibility index (Phi) is 4.54. The molecule has 7 heteroatoms. The van der Waals surface area contributed by atoms with Gasteiger partial charge in [-0.3, -0.25) is 4.79 Å². The third-order valence-electron chi connectivity index (χ3n) is 7.20. The maximum Gasteiger partial charge on any atom is 0.356 e. The number of alkyl halides is 1. The number of carbonyl (C=O) groups is 2. The van der Waals surface area contributed by atoms with Gasteiger partial charge in [-0.2, -0.15) is 0 Å². The van der Waals surface area contributed by atoms with Crippen LogP contribution in [0.5, 0.6) is 5.75 Å². The number of methoxy groups -OCH3 is 1. The lowest BCUT2D eigenvalue weighted by molar-refractivity contribution is -0.138. The van der Waals surface area contributed by atoms with Gasteiger partial charge in [0.15, 0.2) is 0 Å². The Morgan fingerprint density at radius 2 is 1.97 bits per heavy atom. The molecule has 4 bridgehead atoms. The summed E-state index contributed by atoms with van der Waals surface area (Å²) in [5, 5.41) is 3.85. The van der Waals surface area contributed by atoms with Crippen LogP contribution in [0, 0.1) is 17.3 Å². The second-order valence-corrected chi connectivity index (χ2v) is 10.2. The Balaban J connectivity index is 1.53. The Hall–Kier alpha value is -2.21. The molecule has 6 nitrogen and oxygen atoms in total. The molecule has 0 saturated heterocycles. The zero-order chi connectivity index (χ0) is 21.1. The normalized spacial score (nSPS) is 31.7. The summed E-state index contributed by atoms with van der Waals surface area (Å²) in [6.07, 6.45) is 5.67. The molecule has 1 amide bonds.